The van der Waals surface area contributed by atoms with Crippen molar-refractivity contribution in [1.29, 1.82) is 5.26 Å². The van der Waals surface area contributed by atoms with Gasteiger partial charge in [-0.2, -0.15) is 5.26 Å². The standard InChI is InChI=1S/C13H16FN3O2S/c14-13-4-3-12(6-11(13)7-15)20(18,19)17-9-10-2-1-5-16-8-10/h3-4,6,10,16-17H,1-2,5,8-9H2. The summed E-state index contributed by atoms with van der Waals surface area (Å²) >= 11 is 0. The number of rotatable bonds is 4. The van der Waals surface area contributed by atoms with Gasteiger partial charge in [-0.1, -0.05) is 0 Å². The van der Waals surface area contributed by atoms with Crippen LogP contribution < -0.4 is 10.0 Å². The molecule has 1 heterocycles. The topological polar surface area (TPSA) is 82.0 Å². The molecular weight excluding hydrogens is 281 g/mol. The lowest BCUT2D eigenvalue weighted by Gasteiger charge is -2.22. The van der Waals surface area contributed by atoms with Crippen molar-refractivity contribution in [3.05, 3.63) is 29.6 Å². The first-order valence-electron chi connectivity index (χ1n) is 6.43. The van der Waals surface area contributed by atoms with Gasteiger partial charge in [0.05, 0.1) is 10.5 Å². The molecule has 108 valence electrons. The fraction of sp³-hybridized carbons (Fsp3) is 0.462. The molecule has 0 spiro atoms. The maximum absolute atomic E-state index is 13.2. The number of sulfonamides is 1. The number of piperidine rings is 1. The fourth-order valence-electron chi connectivity index (χ4n) is 2.17. The van der Waals surface area contributed by atoms with Crippen molar-refractivity contribution < 1.29 is 12.8 Å². The van der Waals surface area contributed by atoms with Crippen molar-refractivity contribution in [1.82, 2.24) is 10.0 Å². The van der Waals surface area contributed by atoms with Gasteiger partial charge >= 0.3 is 0 Å². The zero-order valence-electron chi connectivity index (χ0n) is 10.9. The highest BCUT2D eigenvalue weighted by Gasteiger charge is 2.19. The Morgan fingerprint density at radius 3 is 2.95 bits per heavy atom. The molecule has 7 heteroatoms. The lowest BCUT2D eigenvalue weighted by molar-refractivity contribution is 0.376. The number of nitrogens with one attached hydrogen (secondary N) is 2. The Morgan fingerprint density at radius 2 is 2.30 bits per heavy atom. The largest absolute Gasteiger partial charge is 0.316 e. The van der Waals surface area contributed by atoms with Crippen LogP contribution in [0, 0.1) is 23.1 Å². The Bertz CT molecular complexity index is 619. The van der Waals surface area contributed by atoms with Crippen LogP contribution in [0.5, 0.6) is 0 Å². The molecule has 1 atom stereocenters. The molecule has 20 heavy (non-hydrogen) atoms. The van der Waals surface area contributed by atoms with E-state index in [-0.39, 0.29) is 16.4 Å². The van der Waals surface area contributed by atoms with Crippen LogP contribution in [0.4, 0.5) is 4.39 Å². The predicted molar refractivity (Wildman–Crippen MR) is 71.9 cm³/mol. The number of halogens is 1. The van der Waals surface area contributed by atoms with Gasteiger partial charge in [0.2, 0.25) is 10.0 Å². The quantitative estimate of drug-likeness (QED) is 0.868. The van der Waals surface area contributed by atoms with E-state index in [1.54, 1.807) is 6.07 Å². The Labute approximate surface area is 117 Å². The third kappa shape index (κ3) is 3.54. The van der Waals surface area contributed by atoms with Crippen molar-refractivity contribution in [2.45, 2.75) is 17.7 Å². The highest BCUT2D eigenvalue weighted by Crippen LogP contribution is 2.15. The van der Waals surface area contributed by atoms with Crippen LogP contribution in [0.1, 0.15) is 18.4 Å². The third-order valence-corrected chi connectivity index (χ3v) is 4.75. The molecule has 2 N–H and O–H groups in total. The molecule has 0 radical (unpaired) electrons. The molecule has 0 saturated carbocycles. The van der Waals surface area contributed by atoms with E-state index in [4.69, 9.17) is 5.26 Å². The Kier molecular flexibility index (Phi) is 4.70. The molecular formula is C13H16FN3O2S. The zero-order valence-corrected chi connectivity index (χ0v) is 11.7. The highest BCUT2D eigenvalue weighted by atomic mass is 32.2. The van der Waals surface area contributed by atoms with Crippen molar-refractivity contribution in [2.75, 3.05) is 19.6 Å². The molecule has 1 unspecified atom stereocenters. The van der Waals surface area contributed by atoms with Crippen molar-refractivity contribution in [3.63, 3.8) is 0 Å². The van der Waals surface area contributed by atoms with Crippen molar-refractivity contribution >= 4 is 10.0 Å². The Hall–Kier alpha value is -1.49. The minimum atomic E-state index is -3.70. The SMILES string of the molecule is N#Cc1cc(S(=O)(=O)NCC2CCCNC2)ccc1F. The van der Waals surface area contributed by atoms with E-state index in [0.717, 1.165) is 44.1 Å². The van der Waals surface area contributed by atoms with Gasteiger partial charge in [0.1, 0.15) is 11.9 Å². The van der Waals surface area contributed by atoms with E-state index in [1.165, 1.54) is 0 Å². The molecule has 1 aromatic rings. The molecule has 1 fully saturated rings. The molecule has 2 rings (SSSR count). The van der Waals surface area contributed by atoms with E-state index in [1.807, 2.05) is 0 Å². The second-order valence-electron chi connectivity index (χ2n) is 4.82. The molecule has 0 bridgehead atoms. The second kappa shape index (κ2) is 6.31. The molecule has 5 nitrogen and oxygen atoms in total. The average molecular weight is 297 g/mol. The first-order chi connectivity index (χ1) is 9.53. The van der Waals surface area contributed by atoms with Gasteiger partial charge in [-0.15, -0.1) is 0 Å². The highest BCUT2D eigenvalue weighted by molar-refractivity contribution is 7.89. The summed E-state index contributed by atoms with van der Waals surface area (Å²) in [6, 6.07) is 4.85. The minimum absolute atomic E-state index is 0.0841. The number of nitriles is 1. The lowest BCUT2D eigenvalue weighted by atomic mass is 10.0. The van der Waals surface area contributed by atoms with Gasteiger partial charge in [-0.25, -0.2) is 17.5 Å². The number of hydrogen-bond acceptors (Lipinski definition) is 4. The zero-order chi connectivity index (χ0) is 14.6. The van der Waals surface area contributed by atoms with E-state index >= 15 is 0 Å². The Balaban J connectivity index is 2.08. The molecule has 0 aliphatic carbocycles. The first-order valence-corrected chi connectivity index (χ1v) is 7.91. The number of nitrogens with zero attached hydrogens (tertiary/aromatic N) is 1. The maximum Gasteiger partial charge on any atom is 0.240 e. The van der Waals surface area contributed by atoms with Crippen LogP contribution in [0.15, 0.2) is 23.1 Å². The van der Waals surface area contributed by atoms with Crippen LogP contribution in [0.25, 0.3) is 0 Å². The molecule has 1 aromatic carbocycles. The van der Waals surface area contributed by atoms with Crippen LogP contribution >= 0.6 is 0 Å². The Morgan fingerprint density at radius 1 is 1.50 bits per heavy atom. The number of benzene rings is 1. The van der Waals surface area contributed by atoms with Gasteiger partial charge in [-0.3, -0.25) is 0 Å². The van der Waals surface area contributed by atoms with Gasteiger partial charge in [0, 0.05) is 6.54 Å². The normalized spacial score (nSPS) is 19.5. The summed E-state index contributed by atoms with van der Waals surface area (Å²) < 4.78 is 39.9. The van der Waals surface area contributed by atoms with Crippen LogP contribution in [0.3, 0.4) is 0 Å². The van der Waals surface area contributed by atoms with E-state index < -0.39 is 15.8 Å². The summed E-state index contributed by atoms with van der Waals surface area (Å²) in [6.07, 6.45) is 2.00. The van der Waals surface area contributed by atoms with Gasteiger partial charge in [0.25, 0.3) is 0 Å². The predicted octanol–water partition coefficient (Wildman–Crippen LogP) is 0.975. The summed E-state index contributed by atoms with van der Waals surface area (Å²) in [6.45, 7) is 2.09. The van der Waals surface area contributed by atoms with Gasteiger partial charge < -0.3 is 5.32 Å². The van der Waals surface area contributed by atoms with Gasteiger partial charge in [-0.05, 0) is 50.0 Å². The minimum Gasteiger partial charge on any atom is -0.316 e. The van der Waals surface area contributed by atoms with E-state index in [2.05, 4.69) is 10.0 Å². The maximum atomic E-state index is 13.2. The number of hydrogen-bond donors (Lipinski definition) is 2. The summed E-state index contributed by atoms with van der Waals surface area (Å²) in [5, 5.41) is 11.9. The fourth-order valence-corrected chi connectivity index (χ4v) is 3.31. The monoisotopic (exact) mass is 297 g/mol. The van der Waals surface area contributed by atoms with E-state index in [0.29, 0.717) is 6.54 Å². The van der Waals surface area contributed by atoms with Gasteiger partial charge in [0.15, 0.2) is 0 Å². The smallest absolute Gasteiger partial charge is 0.240 e. The average Bonchev–Trinajstić information content (AvgIpc) is 2.46. The van der Waals surface area contributed by atoms with Crippen molar-refractivity contribution in [2.24, 2.45) is 5.92 Å². The van der Waals surface area contributed by atoms with Crippen LogP contribution in [0.2, 0.25) is 0 Å². The lowest BCUT2D eigenvalue weighted by Crippen LogP contribution is -2.38. The molecule has 0 aromatic heterocycles. The summed E-state index contributed by atoms with van der Waals surface area (Å²) in [5.41, 5.74) is -0.271. The first kappa shape index (κ1) is 14.9. The van der Waals surface area contributed by atoms with Crippen LogP contribution in [-0.2, 0) is 10.0 Å². The third-order valence-electron chi connectivity index (χ3n) is 3.33. The summed E-state index contributed by atoms with van der Waals surface area (Å²) in [4.78, 5) is -0.0841. The second-order valence-corrected chi connectivity index (χ2v) is 6.58. The molecule has 1 saturated heterocycles. The molecule has 1 aliphatic rings. The van der Waals surface area contributed by atoms with E-state index in [9.17, 15) is 12.8 Å². The van der Waals surface area contributed by atoms with Crippen LogP contribution in [-0.4, -0.2) is 28.1 Å². The molecule has 0 amide bonds. The summed E-state index contributed by atoms with van der Waals surface area (Å²) in [5.74, 6) is -0.461. The summed E-state index contributed by atoms with van der Waals surface area (Å²) in [7, 11) is -3.70. The van der Waals surface area contributed by atoms with Crippen molar-refractivity contribution in [3.8, 4) is 6.07 Å². The molecule has 1 aliphatic heterocycles.